The van der Waals surface area contributed by atoms with Gasteiger partial charge in [0.05, 0.1) is 0 Å². The number of carbonyl (C=O) groups excluding carboxylic acids is 1. The zero-order chi connectivity index (χ0) is 16.8. The number of hydrogen-bond acceptors (Lipinski definition) is 5. The maximum absolute atomic E-state index is 12.4. The molecule has 0 spiro atoms. The van der Waals surface area contributed by atoms with E-state index < -0.39 is 10.0 Å². The van der Waals surface area contributed by atoms with Gasteiger partial charge in [0.2, 0.25) is 5.91 Å². The first-order valence-electron chi connectivity index (χ1n) is 7.42. The smallest absolute Gasteiger partial charge is 0.252 e. The van der Waals surface area contributed by atoms with Crippen molar-refractivity contribution in [1.29, 1.82) is 0 Å². The van der Waals surface area contributed by atoms with Crippen LogP contribution in [0.15, 0.2) is 16.3 Å². The number of nitrogens with zero attached hydrogens (tertiary/aromatic N) is 1. The second kappa shape index (κ2) is 10.2. The van der Waals surface area contributed by atoms with E-state index in [1.807, 2.05) is 13.8 Å². The van der Waals surface area contributed by atoms with E-state index in [1.165, 1.54) is 15.6 Å². The molecule has 1 unspecified atom stereocenters. The summed E-state index contributed by atoms with van der Waals surface area (Å²) in [5.41, 5.74) is 5.55. The third-order valence-electron chi connectivity index (χ3n) is 3.14. The van der Waals surface area contributed by atoms with E-state index >= 15 is 0 Å². The molecule has 0 saturated carbocycles. The highest BCUT2D eigenvalue weighted by Crippen LogP contribution is 2.25. The largest absolute Gasteiger partial charge is 0.356 e. The first kappa shape index (κ1) is 22.3. The number of carbonyl (C=O) groups is 1. The van der Waals surface area contributed by atoms with Crippen LogP contribution in [0.5, 0.6) is 0 Å². The zero-order valence-electron chi connectivity index (χ0n) is 13.7. The van der Waals surface area contributed by atoms with Gasteiger partial charge in [-0.3, -0.25) is 4.79 Å². The van der Waals surface area contributed by atoms with Crippen molar-refractivity contribution >= 4 is 39.7 Å². The van der Waals surface area contributed by atoms with Gasteiger partial charge in [-0.2, -0.15) is 4.31 Å². The van der Waals surface area contributed by atoms with E-state index in [0.717, 1.165) is 4.88 Å². The number of rotatable bonds is 9. The molecule has 1 atom stereocenters. The van der Waals surface area contributed by atoms with Crippen molar-refractivity contribution < 1.29 is 13.2 Å². The summed E-state index contributed by atoms with van der Waals surface area (Å²) in [6.07, 6.45) is 0.912. The maximum atomic E-state index is 12.4. The van der Waals surface area contributed by atoms with Gasteiger partial charge in [0, 0.05) is 37.0 Å². The van der Waals surface area contributed by atoms with Gasteiger partial charge in [0.15, 0.2) is 0 Å². The summed E-state index contributed by atoms with van der Waals surface area (Å²) in [5, 5.41) is 2.78. The van der Waals surface area contributed by atoms with Crippen LogP contribution in [0, 0.1) is 0 Å². The molecule has 9 heteroatoms. The van der Waals surface area contributed by atoms with Crippen molar-refractivity contribution in [2.45, 2.75) is 43.9 Å². The zero-order valence-corrected chi connectivity index (χ0v) is 16.2. The van der Waals surface area contributed by atoms with Crippen molar-refractivity contribution in [1.82, 2.24) is 9.62 Å². The third kappa shape index (κ3) is 6.76. The van der Waals surface area contributed by atoms with Gasteiger partial charge in [0.25, 0.3) is 10.0 Å². The minimum atomic E-state index is -3.39. The van der Waals surface area contributed by atoms with Crippen LogP contribution in [0.1, 0.15) is 32.1 Å². The Bertz CT molecular complexity index is 584. The molecule has 0 saturated heterocycles. The average molecular weight is 384 g/mol. The number of nitrogens with one attached hydrogen (secondary N) is 1. The molecule has 1 aromatic heterocycles. The lowest BCUT2D eigenvalue weighted by Gasteiger charge is -2.16. The number of sulfonamides is 1. The van der Waals surface area contributed by atoms with E-state index in [0.29, 0.717) is 36.7 Å². The molecular weight excluding hydrogens is 358 g/mol. The molecule has 0 radical (unpaired) electrons. The highest BCUT2D eigenvalue weighted by Gasteiger charge is 2.23. The van der Waals surface area contributed by atoms with Crippen molar-refractivity contribution in [2.24, 2.45) is 5.73 Å². The van der Waals surface area contributed by atoms with E-state index in [1.54, 1.807) is 19.1 Å². The Kier molecular flexibility index (Phi) is 9.95. The summed E-state index contributed by atoms with van der Waals surface area (Å²) in [6.45, 7) is 6.83. The van der Waals surface area contributed by atoms with E-state index in [-0.39, 0.29) is 24.4 Å². The molecule has 1 heterocycles. The SMILES string of the molecule is CCN(CC)S(=O)(=O)c1ccc(CCNC(=O)CC(C)N)s1.Cl. The van der Waals surface area contributed by atoms with Crippen LogP contribution in [0.4, 0.5) is 0 Å². The molecule has 1 amide bonds. The summed E-state index contributed by atoms with van der Waals surface area (Å²) < 4.78 is 26.5. The van der Waals surface area contributed by atoms with E-state index in [4.69, 9.17) is 5.73 Å². The molecule has 0 fully saturated rings. The topological polar surface area (TPSA) is 92.5 Å². The highest BCUT2D eigenvalue weighted by atomic mass is 35.5. The number of amides is 1. The van der Waals surface area contributed by atoms with Crippen LogP contribution in [-0.2, 0) is 21.2 Å². The molecule has 134 valence electrons. The lowest BCUT2D eigenvalue weighted by atomic mass is 10.2. The molecule has 3 N–H and O–H groups in total. The lowest BCUT2D eigenvalue weighted by molar-refractivity contribution is -0.121. The van der Waals surface area contributed by atoms with Crippen LogP contribution < -0.4 is 11.1 Å². The first-order valence-corrected chi connectivity index (χ1v) is 9.68. The van der Waals surface area contributed by atoms with Gasteiger partial charge >= 0.3 is 0 Å². The quantitative estimate of drug-likeness (QED) is 0.677. The summed E-state index contributed by atoms with van der Waals surface area (Å²) in [5.74, 6) is -0.0810. The van der Waals surface area contributed by atoms with Gasteiger partial charge in [-0.1, -0.05) is 13.8 Å². The second-order valence-corrected chi connectivity index (χ2v) is 8.42. The summed E-state index contributed by atoms with van der Waals surface area (Å²) >= 11 is 1.26. The number of hydrogen-bond donors (Lipinski definition) is 2. The van der Waals surface area contributed by atoms with Crippen molar-refractivity contribution in [2.75, 3.05) is 19.6 Å². The number of thiophene rings is 1. The van der Waals surface area contributed by atoms with Crippen LogP contribution in [0.25, 0.3) is 0 Å². The van der Waals surface area contributed by atoms with Crippen molar-refractivity contribution in [3.63, 3.8) is 0 Å². The van der Waals surface area contributed by atoms with Gasteiger partial charge < -0.3 is 11.1 Å². The van der Waals surface area contributed by atoms with Crippen molar-refractivity contribution in [3.05, 3.63) is 17.0 Å². The van der Waals surface area contributed by atoms with Gasteiger partial charge in [-0.05, 0) is 25.5 Å². The predicted octanol–water partition coefficient (Wildman–Crippen LogP) is 1.60. The summed E-state index contributed by atoms with van der Waals surface area (Å²) in [7, 11) is -3.39. The summed E-state index contributed by atoms with van der Waals surface area (Å²) in [6, 6.07) is 3.28. The molecule has 1 aromatic rings. The number of halogens is 1. The van der Waals surface area contributed by atoms with Crippen molar-refractivity contribution in [3.8, 4) is 0 Å². The Morgan fingerprint density at radius 3 is 2.48 bits per heavy atom. The van der Waals surface area contributed by atoms with Crippen LogP contribution in [-0.4, -0.2) is 44.3 Å². The van der Waals surface area contributed by atoms with E-state index in [9.17, 15) is 13.2 Å². The van der Waals surface area contributed by atoms with Gasteiger partial charge in [-0.25, -0.2) is 8.42 Å². The standard InChI is InChI=1S/C14H25N3O3S2.ClH/c1-4-17(5-2)22(19,20)14-7-6-12(21-14)8-9-16-13(18)10-11(3)15;/h6-7,11H,4-5,8-10,15H2,1-3H3,(H,16,18);1H. The number of nitrogens with two attached hydrogens (primary N) is 1. The molecule has 6 nitrogen and oxygen atoms in total. The lowest BCUT2D eigenvalue weighted by Crippen LogP contribution is -2.31. The molecule has 0 aliphatic heterocycles. The Balaban J connectivity index is 0.00000484. The molecule has 1 rings (SSSR count). The Labute approximate surface area is 148 Å². The monoisotopic (exact) mass is 383 g/mol. The normalized spacial score (nSPS) is 12.7. The Morgan fingerprint density at radius 1 is 1.35 bits per heavy atom. The van der Waals surface area contributed by atoms with Crippen LogP contribution in [0.3, 0.4) is 0 Å². The fourth-order valence-electron chi connectivity index (χ4n) is 2.01. The average Bonchev–Trinajstić information content (AvgIpc) is 2.88. The van der Waals surface area contributed by atoms with Crippen LogP contribution >= 0.6 is 23.7 Å². The molecule has 0 aliphatic rings. The Hall–Kier alpha value is -0.670. The third-order valence-corrected chi connectivity index (χ3v) is 6.80. The molecular formula is C14H26ClN3O3S2. The molecule has 0 aromatic carbocycles. The fourth-order valence-corrected chi connectivity index (χ4v) is 4.98. The highest BCUT2D eigenvalue weighted by molar-refractivity contribution is 7.91. The predicted molar refractivity (Wildman–Crippen MR) is 96.7 cm³/mol. The Morgan fingerprint density at radius 2 is 1.96 bits per heavy atom. The molecule has 23 heavy (non-hydrogen) atoms. The summed E-state index contributed by atoms with van der Waals surface area (Å²) in [4.78, 5) is 12.4. The van der Waals surface area contributed by atoms with Gasteiger partial charge in [0.1, 0.15) is 4.21 Å². The second-order valence-electron chi connectivity index (χ2n) is 5.09. The first-order chi connectivity index (χ1) is 10.3. The minimum absolute atomic E-state index is 0. The maximum Gasteiger partial charge on any atom is 0.252 e. The molecule has 0 aliphatic carbocycles. The molecule has 0 bridgehead atoms. The van der Waals surface area contributed by atoms with Crippen LogP contribution in [0.2, 0.25) is 0 Å². The minimum Gasteiger partial charge on any atom is -0.356 e. The fraction of sp³-hybridized carbons (Fsp3) is 0.643. The van der Waals surface area contributed by atoms with Gasteiger partial charge in [-0.15, -0.1) is 23.7 Å². The van der Waals surface area contributed by atoms with E-state index in [2.05, 4.69) is 5.32 Å².